The smallest absolute Gasteiger partial charge is 0.0316 e. The number of piperazine rings is 1. The van der Waals surface area contributed by atoms with Crippen LogP contribution in [0.3, 0.4) is 0 Å². The lowest BCUT2D eigenvalue weighted by Crippen LogP contribution is -2.55. The molecule has 1 aromatic carbocycles. The Morgan fingerprint density at radius 2 is 2.21 bits per heavy atom. The Morgan fingerprint density at radius 3 is 3.05 bits per heavy atom. The third-order valence-electron chi connectivity index (χ3n) is 4.71. The largest absolute Gasteiger partial charge is 0.399 e. The molecule has 2 aliphatic rings. The zero-order valence-electron chi connectivity index (χ0n) is 11.9. The molecule has 0 bridgehead atoms. The van der Waals surface area contributed by atoms with Gasteiger partial charge in [0.2, 0.25) is 0 Å². The molecule has 0 aliphatic carbocycles. The van der Waals surface area contributed by atoms with E-state index in [1.165, 1.54) is 38.0 Å². The van der Waals surface area contributed by atoms with Crippen LogP contribution < -0.4 is 5.73 Å². The SMILES string of the molecule is CC1CN2CCCC2CN1CCc1cccc(N)c1. The number of nitrogens with two attached hydrogens (primary N) is 1. The van der Waals surface area contributed by atoms with Gasteiger partial charge >= 0.3 is 0 Å². The van der Waals surface area contributed by atoms with Crippen LogP contribution in [0.25, 0.3) is 0 Å². The van der Waals surface area contributed by atoms with Crippen molar-refractivity contribution in [3.63, 3.8) is 0 Å². The minimum atomic E-state index is 0.690. The minimum absolute atomic E-state index is 0.690. The van der Waals surface area contributed by atoms with E-state index in [1.54, 1.807) is 0 Å². The van der Waals surface area contributed by atoms with Crippen molar-refractivity contribution >= 4 is 5.69 Å². The van der Waals surface area contributed by atoms with E-state index in [4.69, 9.17) is 5.73 Å². The van der Waals surface area contributed by atoms with Gasteiger partial charge < -0.3 is 5.73 Å². The summed E-state index contributed by atoms with van der Waals surface area (Å²) in [5.41, 5.74) is 8.09. The van der Waals surface area contributed by atoms with Crippen molar-refractivity contribution in [2.75, 3.05) is 31.9 Å². The molecule has 3 rings (SSSR count). The highest BCUT2D eigenvalue weighted by Gasteiger charge is 2.33. The standard InChI is InChI=1S/C16H25N3/c1-13-11-19-8-3-6-16(19)12-18(13)9-7-14-4-2-5-15(17)10-14/h2,4-5,10,13,16H,3,6-9,11-12,17H2,1H3. The molecule has 2 unspecified atom stereocenters. The molecule has 3 heteroatoms. The summed E-state index contributed by atoms with van der Waals surface area (Å²) in [7, 11) is 0. The number of hydrogen-bond acceptors (Lipinski definition) is 3. The van der Waals surface area contributed by atoms with Gasteiger partial charge in [-0.3, -0.25) is 9.80 Å². The topological polar surface area (TPSA) is 32.5 Å². The molecule has 3 nitrogen and oxygen atoms in total. The number of hydrogen-bond donors (Lipinski definition) is 1. The van der Waals surface area contributed by atoms with Crippen LogP contribution in [-0.2, 0) is 6.42 Å². The van der Waals surface area contributed by atoms with Gasteiger partial charge in [-0.25, -0.2) is 0 Å². The molecule has 2 N–H and O–H groups in total. The summed E-state index contributed by atoms with van der Waals surface area (Å²) in [6.45, 7) is 7.35. The maximum Gasteiger partial charge on any atom is 0.0316 e. The monoisotopic (exact) mass is 259 g/mol. The molecule has 2 aliphatic heterocycles. The van der Waals surface area contributed by atoms with Gasteiger partial charge in [0.15, 0.2) is 0 Å². The molecule has 2 atom stereocenters. The Hall–Kier alpha value is -1.06. The van der Waals surface area contributed by atoms with Crippen molar-refractivity contribution in [3.05, 3.63) is 29.8 Å². The Labute approximate surface area is 116 Å². The third kappa shape index (κ3) is 2.93. The van der Waals surface area contributed by atoms with Gasteiger partial charge in [0.05, 0.1) is 0 Å². The second-order valence-corrected chi connectivity index (χ2v) is 6.13. The number of benzene rings is 1. The first-order valence-electron chi connectivity index (χ1n) is 7.55. The molecular weight excluding hydrogens is 234 g/mol. The predicted octanol–water partition coefficient (Wildman–Crippen LogP) is 1.98. The van der Waals surface area contributed by atoms with Gasteiger partial charge in [0, 0.05) is 37.4 Å². The highest BCUT2D eigenvalue weighted by molar-refractivity contribution is 5.40. The van der Waals surface area contributed by atoms with Crippen LogP contribution in [0.4, 0.5) is 5.69 Å². The fourth-order valence-corrected chi connectivity index (χ4v) is 3.58. The van der Waals surface area contributed by atoms with E-state index >= 15 is 0 Å². The van der Waals surface area contributed by atoms with Gasteiger partial charge in [-0.1, -0.05) is 12.1 Å². The number of nitrogen functional groups attached to an aromatic ring is 1. The van der Waals surface area contributed by atoms with E-state index in [-0.39, 0.29) is 0 Å². The van der Waals surface area contributed by atoms with E-state index in [1.807, 2.05) is 6.07 Å². The second-order valence-electron chi connectivity index (χ2n) is 6.13. The molecule has 19 heavy (non-hydrogen) atoms. The Balaban J connectivity index is 1.57. The van der Waals surface area contributed by atoms with Crippen LogP contribution in [-0.4, -0.2) is 48.1 Å². The van der Waals surface area contributed by atoms with Crippen LogP contribution in [0.5, 0.6) is 0 Å². The zero-order chi connectivity index (χ0) is 13.2. The summed E-state index contributed by atoms with van der Waals surface area (Å²) < 4.78 is 0. The molecular formula is C16H25N3. The first-order chi connectivity index (χ1) is 9.22. The Bertz CT molecular complexity index is 432. The van der Waals surface area contributed by atoms with Crippen molar-refractivity contribution < 1.29 is 0 Å². The third-order valence-corrected chi connectivity index (χ3v) is 4.71. The molecule has 104 valence electrons. The number of anilines is 1. The second kappa shape index (κ2) is 5.51. The molecule has 2 fully saturated rings. The molecule has 0 spiro atoms. The Kier molecular flexibility index (Phi) is 3.76. The van der Waals surface area contributed by atoms with Crippen LogP contribution in [0, 0.1) is 0 Å². The van der Waals surface area contributed by atoms with Crippen LogP contribution in [0.15, 0.2) is 24.3 Å². The molecule has 0 saturated carbocycles. The lowest BCUT2D eigenvalue weighted by molar-refractivity contribution is 0.0605. The quantitative estimate of drug-likeness (QED) is 0.843. The summed E-state index contributed by atoms with van der Waals surface area (Å²) in [5.74, 6) is 0. The van der Waals surface area contributed by atoms with E-state index in [0.717, 1.165) is 24.7 Å². The van der Waals surface area contributed by atoms with Gasteiger partial charge in [-0.2, -0.15) is 0 Å². The molecule has 1 aromatic rings. The Morgan fingerprint density at radius 1 is 1.32 bits per heavy atom. The van der Waals surface area contributed by atoms with Crippen LogP contribution >= 0.6 is 0 Å². The summed E-state index contributed by atoms with van der Waals surface area (Å²) in [6, 6.07) is 9.82. The van der Waals surface area contributed by atoms with Crippen molar-refractivity contribution in [1.29, 1.82) is 0 Å². The predicted molar refractivity (Wildman–Crippen MR) is 80.2 cm³/mol. The fourth-order valence-electron chi connectivity index (χ4n) is 3.58. The maximum absolute atomic E-state index is 5.84. The molecule has 2 heterocycles. The summed E-state index contributed by atoms with van der Waals surface area (Å²) in [5, 5.41) is 0. The molecule has 0 radical (unpaired) electrons. The van der Waals surface area contributed by atoms with Crippen molar-refractivity contribution in [2.45, 2.75) is 38.3 Å². The van der Waals surface area contributed by atoms with Crippen molar-refractivity contribution in [2.24, 2.45) is 0 Å². The average molecular weight is 259 g/mol. The van der Waals surface area contributed by atoms with E-state index in [0.29, 0.717) is 6.04 Å². The normalized spacial score (nSPS) is 28.5. The number of fused-ring (bicyclic) bond motifs is 1. The zero-order valence-corrected chi connectivity index (χ0v) is 11.9. The van der Waals surface area contributed by atoms with Gasteiger partial charge in [0.1, 0.15) is 0 Å². The van der Waals surface area contributed by atoms with E-state index in [9.17, 15) is 0 Å². The van der Waals surface area contributed by atoms with Gasteiger partial charge in [0.25, 0.3) is 0 Å². The molecule has 2 saturated heterocycles. The van der Waals surface area contributed by atoms with Crippen molar-refractivity contribution in [1.82, 2.24) is 9.80 Å². The fraction of sp³-hybridized carbons (Fsp3) is 0.625. The van der Waals surface area contributed by atoms with E-state index in [2.05, 4.69) is 34.9 Å². The highest BCUT2D eigenvalue weighted by Crippen LogP contribution is 2.24. The lowest BCUT2D eigenvalue weighted by Gasteiger charge is -2.42. The molecule has 0 amide bonds. The average Bonchev–Trinajstić information content (AvgIpc) is 2.83. The summed E-state index contributed by atoms with van der Waals surface area (Å²) >= 11 is 0. The van der Waals surface area contributed by atoms with Gasteiger partial charge in [-0.15, -0.1) is 0 Å². The van der Waals surface area contributed by atoms with Crippen LogP contribution in [0.2, 0.25) is 0 Å². The summed E-state index contributed by atoms with van der Waals surface area (Å²) in [6.07, 6.45) is 3.89. The summed E-state index contributed by atoms with van der Waals surface area (Å²) in [4.78, 5) is 5.34. The lowest BCUT2D eigenvalue weighted by atomic mass is 10.1. The first kappa shape index (κ1) is 12.9. The van der Waals surface area contributed by atoms with E-state index < -0.39 is 0 Å². The minimum Gasteiger partial charge on any atom is -0.399 e. The highest BCUT2D eigenvalue weighted by atomic mass is 15.3. The maximum atomic E-state index is 5.84. The van der Waals surface area contributed by atoms with Gasteiger partial charge in [-0.05, 0) is 50.4 Å². The van der Waals surface area contributed by atoms with Crippen LogP contribution in [0.1, 0.15) is 25.3 Å². The molecule has 0 aromatic heterocycles. The number of nitrogens with zero attached hydrogens (tertiary/aromatic N) is 2. The number of rotatable bonds is 3. The first-order valence-corrected chi connectivity index (χ1v) is 7.55. The van der Waals surface area contributed by atoms with Crippen molar-refractivity contribution in [3.8, 4) is 0 Å².